The van der Waals surface area contributed by atoms with Crippen LogP contribution in [0.4, 0.5) is 0 Å². The van der Waals surface area contributed by atoms with E-state index in [4.69, 9.17) is 4.89 Å². The van der Waals surface area contributed by atoms with E-state index in [9.17, 15) is 4.57 Å². The molecule has 0 radical (unpaired) electrons. The molecule has 0 rings (SSSR count). The van der Waals surface area contributed by atoms with Gasteiger partial charge in [-0.25, -0.2) is 0 Å². The highest BCUT2D eigenvalue weighted by Gasteiger charge is 1.88. The second kappa shape index (κ2) is 5.76. The molecule has 1 unspecified atom stereocenters. The molecule has 5 heteroatoms. The van der Waals surface area contributed by atoms with Crippen LogP contribution in [-0.2, 0) is 9.09 Å². The summed E-state index contributed by atoms with van der Waals surface area (Å²) < 4.78 is 14.2. The van der Waals surface area contributed by atoms with Crippen LogP contribution >= 0.6 is 24.2 Å². The molecule has 0 aromatic rings. The van der Waals surface area contributed by atoms with Crippen LogP contribution in [0.1, 0.15) is 6.42 Å². The molecule has 0 aliphatic carbocycles. The Morgan fingerprint density at radius 2 is 2.38 bits per heavy atom. The van der Waals surface area contributed by atoms with Gasteiger partial charge in [0.05, 0.1) is 6.61 Å². The maximum Gasteiger partial charge on any atom is 0.316 e. The van der Waals surface area contributed by atoms with Crippen molar-refractivity contribution in [2.45, 2.75) is 6.42 Å². The molecule has 50 valence electrons. The van der Waals surface area contributed by atoms with Crippen LogP contribution in [0.5, 0.6) is 0 Å². The van der Waals surface area contributed by atoms with Crippen LogP contribution in [-0.4, -0.2) is 16.8 Å². The van der Waals surface area contributed by atoms with Gasteiger partial charge in [0.1, 0.15) is 0 Å². The molecule has 0 amide bonds. The Balaban J connectivity index is 2.82. The summed E-state index contributed by atoms with van der Waals surface area (Å²) in [6.07, 6.45) is 0.775. The van der Waals surface area contributed by atoms with Crippen molar-refractivity contribution < 1.29 is 14.0 Å². The van der Waals surface area contributed by atoms with E-state index < -0.39 is 8.25 Å². The maximum atomic E-state index is 9.82. The van der Waals surface area contributed by atoms with Gasteiger partial charge in [0.25, 0.3) is 0 Å². The van der Waals surface area contributed by atoms with Crippen molar-refractivity contribution in [2.24, 2.45) is 0 Å². The summed E-state index contributed by atoms with van der Waals surface area (Å²) >= 11 is 3.15. The lowest BCUT2D eigenvalue weighted by atomic mass is 10.5. The van der Waals surface area contributed by atoms with Crippen molar-refractivity contribution in [1.82, 2.24) is 0 Å². The zero-order chi connectivity index (χ0) is 6.41. The van der Waals surface area contributed by atoms with Crippen molar-refractivity contribution in [3.05, 3.63) is 0 Å². The van der Waals surface area contributed by atoms with Crippen LogP contribution in [0.25, 0.3) is 0 Å². The Labute approximate surface area is 57.1 Å². The highest BCUT2D eigenvalue weighted by atomic mass is 79.9. The molecule has 0 spiro atoms. The van der Waals surface area contributed by atoms with Gasteiger partial charge in [-0.15, -0.1) is 0 Å². The van der Waals surface area contributed by atoms with Gasteiger partial charge in [-0.2, -0.15) is 0 Å². The normalized spacial score (nSPS) is 13.8. The zero-order valence-electron chi connectivity index (χ0n) is 4.26. The van der Waals surface area contributed by atoms with E-state index in [0.29, 0.717) is 6.61 Å². The third-order valence-electron chi connectivity index (χ3n) is 0.504. The number of hydrogen-bond donors (Lipinski definition) is 1. The van der Waals surface area contributed by atoms with Crippen molar-refractivity contribution in [2.75, 3.05) is 11.9 Å². The Morgan fingerprint density at radius 3 is 2.75 bits per heavy atom. The predicted molar refractivity (Wildman–Crippen MR) is 35.6 cm³/mol. The summed E-state index contributed by atoms with van der Waals surface area (Å²) in [5.41, 5.74) is 0. The third-order valence-corrected chi connectivity index (χ3v) is 1.52. The van der Waals surface area contributed by atoms with E-state index in [1.165, 1.54) is 0 Å². The molecule has 0 fully saturated rings. The van der Waals surface area contributed by atoms with E-state index in [1.807, 2.05) is 0 Å². The lowest BCUT2D eigenvalue weighted by Gasteiger charge is -1.93. The quantitative estimate of drug-likeness (QED) is 0.423. The molecule has 0 aromatic heterocycles. The van der Waals surface area contributed by atoms with Gasteiger partial charge in [-0.1, -0.05) is 15.9 Å². The molecule has 0 saturated carbocycles. The van der Waals surface area contributed by atoms with E-state index in [0.717, 1.165) is 11.8 Å². The van der Waals surface area contributed by atoms with Crippen LogP contribution in [0.3, 0.4) is 0 Å². The Morgan fingerprint density at radius 1 is 1.75 bits per heavy atom. The smallest absolute Gasteiger partial charge is 0.316 e. The van der Waals surface area contributed by atoms with Gasteiger partial charge >= 0.3 is 8.25 Å². The van der Waals surface area contributed by atoms with Crippen LogP contribution in [0.15, 0.2) is 0 Å². The molecule has 0 saturated heterocycles. The fourth-order valence-electron chi connectivity index (χ4n) is 0.214. The van der Waals surface area contributed by atoms with Crippen molar-refractivity contribution in [3.63, 3.8) is 0 Å². The highest BCUT2D eigenvalue weighted by Crippen LogP contribution is 2.14. The molecule has 1 N–H and O–H groups in total. The van der Waals surface area contributed by atoms with Gasteiger partial charge in [0.15, 0.2) is 0 Å². The first kappa shape index (κ1) is 8.63. The molecular weight excluding hydrogens is 195 g/mol. The predicted octanol–water partition coefficient (Wildman–Crippen LogP) is 1.17. The molecule has 0 aliphatic rings. The molecule has 3 nitrogen and oxygen atoms in total. The minimum atomic E-state index is -2.68. The summed E-state index contributed by atoms with van der Waals surface area (Å²) in [6, 6.07) is 0. The van der Waals surface area contributed by atoms with Gasteiger partial charge in [0, 0.05) is 5.33 Å². The second-order valence-corrected chi connectivity index (χ2v) is 2.77. The molecule has 0 bridgehead atoms. The van der Waals surface area contributed by atoms with E-state index in [2.05, 4.69) is 20.5 Å². The van der Waals surface area contributed by atoms with Crippen molar-refractivity contribution >= 4 is 24.2 Å². The second-order valence-electron chi connectivity index (χ2n) is 1.16. The first-order valence-electron chi connectivity index (χ1n) is 2.19. The van der Waals surface area contributed by atoms with E-state index in [1.54, 1.807) is 0 Å². The van der Waals surface area contributed by atoms with E-state index >= 15 is 0 Å². The summed E-state index contributed by atoms with van der Waals surface area (Å²) in [5.74, 6) is 0. The van der Waals surface area contributed by atoms with E-state index in [-0.39, 0.29) is 0 Å². The first-order chi connectivity index (χ1) is 3.77. The molecule has 0 aliphatic heterocycles. The number of hydrogen-bond acceptors (Lipinski definition) is 2. The number of rotatable bonds is 4. The minimum Gasteiger partial charge on any atom is -0.326 e. The van der Waals surface area contributed by atoms with Gasteiger partial charge in [-0.05, 0) is 6.42 Å². The SMILES string of the molecule is O=[PH](O)OCCCBr. The lowest BCUT2D eigenvalue weighted by molar-refractivity contribution is 0.283. The number of alkyl halides is 1. The Bertz CT molecular complexity index is 76.9. The van der Waals surface area contributed by atoms with Crippen LogP contribution in [0.2, 0.25) is 0 Å². The molecule has 8 heavy (non-hydrogen) atoms. The first-order valence-corrected chi connectivity index (χ1v) is 4.57. The average molecular weight is 203 g/mol. The molecule has 0 aromatic carbocycles. The molecule has 0 heterocycles. The van der Waals surface area contributed by atoms with Crippen LogP contribution in [0, 0.1) is 0 Å². The van der Waals surface area contributed by atoms with Gasteiger partial charge in [0.2, 0.25) is 0 Å². The third kappa shape index (κ3) is 6.63. The molecular formula is C3H8BrO3P. The van der Waals surface area contributed by atoms with Gasteiger partial charge < -0.3 is 9.42 Å². The zero-order valence-corrected chi connectivity index (χ0v) is 6.85. The molecule has 1 atom stereocenters. The number of halogens is 1. The Kier molecular flexibility index (Phi) is 6.21. The largest absolute Gasteiger partial charge is 0.326 e. The maximum absolute atomic E-state index is 9.82. The standard InChI is InChI=1S/C3H8BrO3P/c4-2-1-3-7-8(5)6/h8H,1-3H2,(H,5,6). The summed E-state index contributed by atoms with van der Waals surface area (Å²) in [4.78, 5) is 8.09. The fraction of sp³-hybridized carbons (Fsp3) is 1.00. The van der Waals surface area contributed by atoms with Gasteiger partial charge in [-0.3, -0.25) is 4.57 Å². The Hall–Kier alpha value is 0.630. The highest BCUT2D eigenvalue weighted by molar-refractivity contribution is 9.09. The van der Waals surface area contributed by atoms with Crippen LogP contribution < -0.4 is 0 Å². The topological polar surface area (TPSA) is 46.5 Å². The lowest BCUT2D eigenvalue weighted by Crippen LogP contribution is -1.85. The average Bonchev–Trinajstić information content (AvgIpc) is 1.66. The van der Waals surface area contributed by atoms with Crippen molar-refractivity contribution in [1.29, 1.82) is 0 Å². The monoisotopic (exact) mass is 202 g/mol. The minimum absolute atomic E-state index is 0.361. The fourth-order valence-corrected chi connectivity index (χ4v) is 0.762. The summed E-state index contributed by atoms with van der Waals surface area (Å²) in [6.45, 7) is 0.361. The summed E-state index contributed by atoms with van der Waals surface area (Å²) in [7, 11) is -2.68. The van der Waals surface area contributed by atoms with Crippen molar-refractivity contribution in [3.8, 4) is 0 Å². The summed E-state index contributed by atoms with van der Waals surface area (Å²) in [5, 5.41) is 0.808.